The summed E-state index contributed by atoms with van der Waals surface area (Å²) in [6.07, 6.45) is 1.49. The van der Waals surface area contributed by atoms with Gasteiger partial charge in [-0.1, -0.05) is 11.6 Å². The topological polar surface area (TPSA) is 61.9 Å². The average Bonchev–Trinajstić information content (AvgIpc) is 3.07. The second kappa shape index (κ2) is 8.35. The number of methoxy groups -OCH3 is 1. The van der Waals surface area contributed by atoms with E-state index in [1.807, 2.05) is 7.05 Å². The van der Waals surface area contributed by atoms with Gasteiger partial charge in [0.25, 0.3) is 5.91 Å². The zero-order chi connectivity index (χ0) is 17.7. The van der Waals surface area contributed by atoms with E-state index in [0.29, 0.717) is 42.4 Å². The summed E-state index contributed by atoms with van der Waals surface area (Å²) in [5, 5.41) is 3.48. The van der Waals surface area contributed by atoms with Crippen LogP contribution in [0.5, 0.6) is 5.75 Å². The smallest absolute Gasteiger partial charge is 0.258 e. The molecule has 1 aromatic rings. The van der Waals surface area contributed by atoms with E-state index >= 15 is 0 Å². The Bertz CT molecular complexity index is 609. The highest BCUT2D eigenvalue weighted by molar-refractivity contribution is 6.31. The van der Waals surface area contributed by atoms with E-state index in [9.17, 15) is 9.59 Å². The van der Waals surface area contributed by atoms with Crippen LogP contribution in [0.4, 0.5) is 0 Å². The number of ether oxygens (including phenoxy) is 1. The van der Waals surface area contributed by atoms with E-state index in [2.05, 4.69) is 5.32 Å². The van der Waals surface area contributed by atoms with Crippen molar-refractivity contribution in [2.45, 2.75) is 18.9 Å². The lowest BCUT2D eigenvalue weighted by Crippen LogP contribution is -2.47. The fourth-order valence-corrected chi connectivity index (χ4v) is 3.08. The van der Waals surface area contributed by atoms with Crippen LogP contribution in [0, 0.1) is 0 Å². The van der Waals surface area contributed by atoms with Gasteiger partial charge in [-0.15, -0.1) is 0 Å². The molecule has 1 aliphatic heterocycles. The van der Waals surface area contributed by atoms with Gasteiger partial charge in [-0.2, -0.15) is 0 Å². The largest absolute Gasteiger partial charge is 0.496 e. The van der Waals surface area contributed by atoms with Gasteiger partial charge in [0.05, 0.1) is 12.7 Å². The molecule has 1 saturated heterocycles. The molecule has 1 aromatic carbocycles. The number of nitrogens with zero attached hydrogens (tertiary/aromatic N) is 2. The first-order chi connectivity index (χ1) is 11.5. The SMILES string of the molecule is CNCCN(C)C(=O)C1CCCN1C(=O)c1cc(Cl)ccc1OC. The number of hydrogen-bond acceptors (Lipinski definition) is 4. The van der Waals surface area contributed by atoms with Crippen molar-refractivity contribution in [3.05, 3.63) is 28.8 Å². The lowest BCUT2D eigenvalue weighted by atomic mass is 10.1. The molecule has 0 saturated carbocycles. The highest BCUT2D eigenvalue weighted by Gasteiger charge is 2.36. The number of likely N-dealkylation sites (N-methyl/N-ethyl adjacent to an activating group) is 2. The summed E-state index contributed by atoms with van der Waals surface area (Å²) in [7, 11) is 5.12. The fourth-order valence-electron chi connectivity index (χ4n) is 2.91. The third-order valence-electron chi connectivity index (χ3n) is 4.26. The zero-order valence-corrected chi connectivity index (χ0v) is 15.1. The summed E-state index contributed by atoms with van der Waals surface area (Å²) in [6.45, 7) is 1.88. The molecule has 6 nitrogen and oxygen atoms in total. The number of carbonyl (C=O) groups is 2. The van der Waals surface area contributed by atoms with Gasteiger partial charge in [-0.3, -0.25) is 9.59 Å². The molecule has 2 amide bonds. The van der Waals surface area contributed by atoms with Crippen LogP contribution in [0.3, 0.4) is 0 Å². The van der Waals surface area contributed by atoms with Crippen molar-refractivity contribution >= 4 is 23.4 Å². The Hall–Kier alpha value is -1.79. The third kappa shape index (κ3) is 3.99. The van der Waals surface area contributed by atoms with Crippen molar-refractivity contribution in [2.75, 3.05) is 40.8 Å². The van der Waals surface area contributed by atoms with Gasteiger partial charge in [-0.05, 0) is 38.1 Å². The first kappa shape index (κ1) is 18.5. The van der Waals surface area contributed by atoms with Gasteiger partial charge in [-0.25, -0.2) is 0 Å². The lowest BCUT2D eigenvalue weighted by Gasteiger charge is -2.28. The molecule has 2 rings (SSSR count). The van der Waals surface area contributed by atoms with Crippen LogP contribution >= 0.6 is 11.6 Å². The molecule has 7 heteroatoms. The van der Waals surface area contributed by atoms with Crippen LogP contribution in [0.25, 0.3) is 0 Å². The summed E-state index contributed by atoms with van der Waals surface area (Å²) in [5.74, 6) is 0.218. The summed E-state index contributed by atoms with van der Waals surface area (Å²) in [4.78, 5) is 28.9. The molecule has 0 radical (unpaired) electrons. The van der Waals surface area contributed by atoms with Crippen molar-refractivity contribution < 1.29 is 14.3 Å². The summed E-state index contributed by atoms with van der Waals surface area (Å²) in [5.41, 5.74) is 0.391. The molecule has 0 aliphatic carbocycles. The van der Waals surface area contributed by atoms with Crippen molar-refractivity contribution in [2.24, 2.45) is 0 Å². The number of likely N-dealkylation sites (tertiary alicyclic amines) is 1. The van der Waals surface area contributed by atoms with E-state index in [1.165, 1.54) is 7.11 Å². The van der Waals surface area contributed by atoms with E-state index < -0.39 is 6.04 Å². The Kier molecular flexibility index (Phi) is 6.45. The van der Waals surface area contributed by atoms with Crippen LogP contribution in [0.2, 0.25) is 5.02 Å². The molecule has 24 heavy (non-hydrogen) atoms. The lowest BCUT2D eigenvalue weighted by molar-refractivity contribution is -0.133. The summed E-state index contributed by atoms with van der Waals surface area (Å²) < 4.78 is 5.27. The van der Waals surface area contributed by atoms with Gasteiger partial charge in [0.1, 0.15) is 11.8 Å². The molecule has 0 bridgehead atoms. The van der Waals surface area contributed by atoms with Crippen LogP contribution < -0.4 is 10.1 Å². The molecule has 1 aliphatic rings. The highest BCUT2D eigenvalue weighted by atomic mass is 35.5. The Morgan fingerprint density at radius 3 is 2.88 bits per heavy atom. The molecule has 1 unspecified atom stereocenters. The summed E-state index contributed by atoms with van der Waals surface area (Å²) >= 11 is 6.02. The van der Waals surface area contributed by atoms with Crippen LogP contribution in [0.1, 0.15) is 23.2 Å². The second-order valence-electron chi connectivity index (χ2n) is 5.86. The number of halogens is 1. The second-order valence-corrected chi connectivity index (χ2v) is 6.30. The third-order valence-corrected chi connectivity index (χ3v) is 4.50. The number of carbonyl (C=O) groups excluding carboxylic acids is 2. The monoisotopic (exact) mass is 353 g/mol. The van der Waals surface area contributed by atoms with Crippen molar-refractivity contribution in [3.63, 3.8) is 0 Å². The Morgan fingerprint density at radius 2 is 2.21 bits per heavy atom. The number of nitrogens with one attached hydrogen (secondary N) is 1. The Morgan fingerprint density at radius 1 is 1.46 bits per heavy atom. The van der Waals surface area contributed by atoms with Crippen molar-refractivity contribution in [3.8, 4) is 5.75 Å². The molecule has 132 valence electrons. The van der Waals surface area contributed by atoms with Gasteiger partial charge in [0.15, 0.2) is 0 Å². The molecule has 1 fully saturated rings. The number of rotatable bonds is 6. The van der Waals surface area contributed by atoms with E-state index in [4.69, 9.17) is 16.3 Å². The molecule has 0 spiro atoms. The highest BCUT2D eigenvalue weighted by Crippen LogP contribution is 2.28. The minimum absolute atomic E-state index is 0.0305. The van der Waals surface area contributed by atoms with Crippen LogP contribution in [0.15, 0.2) is 18.2 Å². The van der Waals surface area contributed by atoms with Gasteiger partial charge in [0.2, 0.25) is 5.91 Å². The molecular formula is C17H24ClN3O3. The number of amides is 2. The number of hydrogen-bond donors (Lipinski definition) is 1. The molecule has 0 aromatic heterocycles. The molecule has 1 N–H and O–H groups in total. The molecule has 1 atom stereocenters. The maximum Gasteiger partial charge on any atom is 0.258 e. The molecule has 1 heterocycles. The maximum absolute atomic E-state index is 12.9. The predicted molar refractivity (Wildman–Crippen MR) is 93.6 cm³/mol. The Balaban J connectivity index is 2.19. The predicted octanol–water partition coefficient (Wildman–Crippen LogP) is 1.63. The van der Waals surface area contributed by atoms with Gasteiger partial charge < -0.3 is 19.9 Å². The number of benzene rings is 1. The molecular weight excluding hydrogens is 330 g/mol. The standard InChI is InChI=1S/C17H24ClN3O3/c1-19-8-10-20(2)17(23)14-5-4-9-21(14)16(22)13-11-12(18)6-7-15(13)24-3/h6-7,11,14,19H,4-5,8-10H2,1-3H3. The van der Waals surface area contributed by atoms with Crippen molar-refractivity contribution in [1.82, 2.24) is 15.1 Å². The normalized spacial score (nSPS) is 17.0. The maximum atomic E-state index is 12.9. The van der Waals surface area contributed by atoms with Crippen molar-refractivity contribution in [1.29, 1.82) is 0 Å². The van der Waals surface area contributed by atoms with E-state index in [0.717, 1.165) is 6.42 Å². The van der Waals surface area contributed by atoms with Gasteiger partial charge in [0, 0.05) is 31.7 Å². The van der Waals surface area contributed by atoms with E-state index in [1.54, 1.807) is 35.0 Å². The first-order valence-corrected chi connectivity index (χ1v) is 8.41. The minimum Gasteiger partial charge on any atom is -0.496 e. The fraction of sp³-hybridized carbons (Fsp3) is 0.529. The minimum atomic E-state index is -0.428. The van der Waals surface area contributed by atoms with Gasteiger partial charge >= 0.3 is 0 Å². The van der Waals surface area contributed by atoms with Crippen LogP contribution in [-0.2, 0) is 4.79 Å². The Labute approximate surface area is 147 Å². The average molecular weight is 354 g/mol. The quantitative estimate of drug-likeness (QED) is 0.844. The first-order valence-electron chi connectivity index (χ1n) is 8.03. The summed E-state index contributed by atoms with van der Waals surface area (Å²) in [6, 6.07) is 4.51. The zero-order valence-electron chi connectivity index (χ0n) is 14.3. The van der Waals surface area contributed by atoms with E-state index in [-0.39, 0.29) is 11.8 Å². The van der Waals surface area contributed by atoms with Crippen LogP contribution in [-0.4, -0.2) is 68.5 Å².